The first-order chi connectivity index (χ1) is 15.5. The molecule has 164 valence electrons. The third kappa shape index (κ3) is 3.66. The first-order valence-corrected chi connectivity index (χ1v) is 10.7. The van der Waals surface area contributed by atoms with E-state index in [1.807, 2.05) is 29.3 Å². The first kappa shape index (κ1) is 20.4. The van der Waals surface area contributed by atoms with Crippen LogP contribution in [0.1, 0.15) is 24.4 Å². The molecular formula is C21H21ClN8O2. The average Bonchev–Trinajstić information content (AvgIpc) is 3.32. The minimum Gasteiger partial charge on any atom is -0.341 e. The van der Waals surface area contributed by atoms with Crippen molar-refractivity contribution in [2.24, 2.45) is 7.05 Å². The Kier molecular flexibility index (Phi) is 5.22. The summed E-state index contributed by atoms with van der Waals surface area (Å²) < 4.78 is 4.65. The molecule has 11 heteroatoms. The average molecular weight is 453 g/mol. The van der Waals surface area contributed by atoms with Gasteiger partial charge in [0.2, 0.25) is 5.95 Å². The van der Waals surface area contributed by atoms with Gasteiger partial charge >= 0.3 is 11.1 Å². The normalized spacial score (nSPS) is 14.9. The lowest BCUT2D eigenvalue weighted by atomic mass is 10.0. The van der Waals surface area contributed by atoms with Gasteiger partial charge in [-0.3, -0.25) is 18.8 Å². The van der Waals surface area contributed by atoms with Crippen molar-refractivity contribution in [1.29, 1.82) is 0 Å². The van der Waals surface area contributed by atoms with E-state index < -0.39 is 11.1 Å². The van der Waals surface area contributed by atoms with Crippen LogP contribution in [0, 0.1) is 0 Å². The van der Waals surface area contributed by atoms with Gasteiger partial charge in [-0.25, -0.2) is 15.0 Å². The third-order valence-corrected chi connectivity index (χ3v) is 6.02. The number of hydrogen-bond donors (Lipinski definition) is 0. The molecule has 0 atom stereocenters. The molecule has 1 fully saturated rings. The first-order valence-electron chi connectivity index (χ1n) is 10.3. The van der Waals surface area contributed by atoms with Gasteiger partial charge in [-0.2, -0.15) is 5.10 Å². The molecule has 1 aliphatic rings. The van der Waals surface area contributed by atoms with Gasteiger partial charge in [-0.1, -0.05) is 11.6 Å². The maximum absolute atomic E-state index is 12.8. The molecule has 32 heavy (non-hydrogen) atoms. The van der Waals surface area contributed by atoms with Crippen LogP contribution in [0.5, 0.6) is 0 Å². The molecule has 0 aromatic carbocycles. The summed E-state index contributed by atoms with van der Waals surface area (Å²) in [6.07, 6.45) is 10.1. The zero-order valence-electron chi connectivity index (χ0n) is 17.4. The summed E-state index contributed by atoms with van der Waals surface area (Å²) >= 11 is 6.07. The van der Waals surface area contributed by atoms with Gasteiger partial charge in [0.15, 0.2) is 5.65 Å². The highest BCUT2D eigenvalue weighted by molar-refractivity contribution is 6.31. The summed E-state index contributed by atoms with van der Waals surface area (Å²) in [5.41, 5.74) is 0.836. The Labute approximate surface area is 187 Å². The van der Waals surface area contributed by atoms with Crippen LogP contribution < -0.4 is 16.0 Å². The molecular weight excluding hydrogens is 432 g/mol. The number of aryl methyl sites for hydroxylation is 1. The van der Waals surface area contributed by atoms with Gasteiger partial charge in [0, 0.05) is 62.7 Å². The highest BCUT2D eigenvalue weighted by Crippen LogP contribution is 2.26. The number of fused-ring (bicyclic) bond motifs is 1. The second-order valence-corrected chi connectivity index (χ2v) is 8.29. The van der Waals surface area contributed by atoms with Gasteiger partial charge in [0.1, 0.15) is 0 Å². The minimum atomic E-state index is -0.583. The molecule has 0 radical (unpaired) electrons. The number of hydrogen-bond acceptors (Lipinski definition) is 7. The second-order valence-electron chi connectivity index (χ2n) is 7.85. The summed E-state index contributed by atoms with van der Waals surface area (Å²) in [7, 11) is 1.56. The number of aromatic nitrogens is 7. The largest absolute Gasteiger partial charge is 0.341 e. The summed E-state index contributed by atoms with van der Waals surface area (Å²) in [6.45, 7) is 1.95. The van der Waals surface area contributed by atoms with E-state index in [4.69, 9.17) is 11.6 Å². The number of piperidine rings is 1. The summed E-state index contributed by atoms with van der Waals surface area (Å²) in [5.74, 6) is 0.652. The Morgan fingerprint density at radius 1 is 1.06 bits per heavy atom. The maximum atomic E-state index is 12.8. The number of rotatable bonds is 4. The van der Waals surface area contributed by atoms with Crippen LogP contribution in [0.3, 0.4) is 0 Å². The van der Waals surface area contributed by atoms with Crippen LogP contribution in [-0.4, -0.2) is 47.0 Å². The topological polar surface area (TPSA) is 104 Å². The number of nitrogens with zero attached hydrogens (tertiary/aromatic N) is 8. The number of anilines is 1. The summed E-state index contributed by atoms with van der Waals surface area (Å²) in [5, 5.41) is 4.61. The number of halogens is 1. The quantitative estimate of drug-likeness (QED) is 0.433. The van der Waals surface area contributed by atoms with Crippen molar-refractivity contribution in [2.45, 2.75) is 25.4 Å². The Hall–Kier alpha value is -3.53. The molecule has 4 aromatic heterocycles. The highest BCUT2D eigenvalue weighted by Gasteiger charge is 2.26. The van der Waals surface area contributed by atoms with E-state index in [0.717, 1.165) is 5.56 Å². The van der Waals surface area contributed by atoms with Crippen LogP contribution >= 0.6 is 11.6 Å². The molecule has 0 unspecified atom stereocenters. The molecule has 5 rings (SSSR count). The van der Waals surface area contributed by atoms with Crippen molar-refractivity contribution in [3.8, 4) is 0 Å². The zero-order valence-corrected chi connectivity index (χ0v) is 18.2. The predicted octanol–water partition coefficient (Wildman–Crippen LogP) is 1.62. The lowest BCUT2D eigenvalue weighted by Gasteiger charge is -2.33. The standard InChI is InChI=1S/C21H21ClN8O2/c1-27-17-9-15(22)12-23-18(17)30(20(32)19(27)31)16-3-7-28(8-4-16)21-24-10-14(11-25-21)13-29-6-2-5-26-29/h2,5-6,9-12,16H,3-4,7-8,13H2,1H3. The summed E-state index contributed by atoms with van der Waals surface area (Å²) in [6, 6.07) is 3.40. The molecule has 1 saturated heterocycles. The smallest absolute Gasteiger partial charge is 0.318 e. The minimum absolute atomic E-state index is 0.136. The molecule has 0 spiro atoms. The molecule has 0 bridgehead atoms. The lowest BCUT2D eigenvalue weighted by Crippen LogP contribution is -2.45. The van der Waals surface area contributed by atoms with Crippen molar-refractivity contribution in [2.75, 3.05) is 18.0 Å². The van der Waals surface area contributed by atoms with Crippen LogP contribution in [0.4, 0.5) is 5.95 Å². The molecule has 1 aliphatic heterocycles. The van der Waals surface area contributed by atoms with E-state index >= 15 is 0 Å². The van der Waals surface area contributed by atoms with Gasteiger partial charge in [0.05, 0.1) is 17.1 Å². The fraction of sp³-hybridized carbons (Fsp3) is 0.333. The van der Waals surface area contributed by atoms with Gasteiger partial charge < -0.3 is 9.47 Å². The highest BCUT2D eigenvalue weighted by atomic mass is 35.5. The van der Waals surface area contributed by atoms with E-state index in [0.29, 0.717) is 54.6 Å². The number of pyridine rings is 1. The Morgan fingerprint density at radius 2 is 1.81 bits per heavy atom. The van der Waals surface area contributed by atoms with E-state index in [1.54, 1.807) is 19.3 Å². The second kappa shape index (κ2) is 8.19. The zero-order chi connectivity index (χ0) is 22.2. The van der Waals surface area contributed by atoms with Crippen LogP contribution in [0.25, 0.3) is 11.2 Å². The van der Waals surface area contributed by atoms with Crippen LogP contribution in [-0.2, 0) is 13.6 Å². The van der Waals surface area contributed by atoms with E-state index in [9.17, 15) is 9.59 Å². The molecule has 5 heterocycles. The van der Waals surface area contributed by atoms with E-state index in [2.05, 4.69) is 25.0 Å². The monoisotopic (exact) mass is 452 g/mol. The molecule has 0 aliphatic carbocycles. The predicted molar refractivity (Wildman–Crippen MR) is 120 cm³/mol. The SMILES string of the molecule is Cn1c(=O)c(=O)n(C2CCN(c3ncc(Cn4cccn4)cn3)CC2)c2ncc(Cl)cc21. The van der Waals surface area contributed by atoms with E-state index in [1.165, 1.54) is 15.3 Å². The van der Waals surface area contributed by atoms with Gasteiger partial charge in [0.25, 0.3) is 0 Å². The van der Waals surface area contributed by atoms with Crippen molar-refractivity contribution >= 4 is 28.7 Å². The fourth-order valence-corrected chi connectivity index (χ4v) is 4.29. The Bertz CT molecular complexity index is 1370. The van der Waals surface area contributed by atoms with Crippen molar-refractivity contribution < 1.29 is 0 Å². The summed E-state index contributed by atoms with van der Waals surface area (Å²) in [4.78, 5) is 40.8. The van der Waals surface area contributed by atoms with Gasteiger partial charge in [-0.05, 0) is 25.0 Å². The van der Waals surface area contributed by atoms with Crippen LogP contribution in [0.2, 0.25) is 5.02 Å². The van der Waals surface area contributed by atoms with Crippen molar-refractivity contribution in [3.63, 3.8) is 0 Å². The van der Waals surface area contributed by atoms with E-state index in [-0.39, 0.29) is 6.04 Å². The van der Waals surface area contributed by atoms with Crippen LogP contribution in [0.15, 0.2) is 52.7 Å². The maximum Gasteiger partial charge on any atom is 0.318 e. The van der Waals surface area contributed by atoms with Crippen molar-refractivity contribution in [3.05, 3.63) is 74.4 Å². The molecule has 4 aromatic rings. The van der Waals surface area contributed by atoms with Crippen molar-refractivity contribution in [1.82, 2.24) is 33.9 Å². The Balaban J connectivity index is 1.36. The Morgan fingerprint density at radius 3 is 2.50 bits per heavy atom. The van der Waals surface area contributed by atoms with Gasteiger partial charge in [-0.15, -0.1) is 0 Å². The lowest BCUT2D eigenvalue weighted by molar-refractivity contribution is 0.389. The molecule has 0 N–H and O–H groups in total. The fourth-order valence-electron chi connectivity index (χ4n) is 4.14. The third-order valence-electron chi connectivity index (χ3n) is 5.82. The molecule has 10 nitrogen and oxygen atoms in total. The molecule has 0 saturated carbocycles. The molecule has 0 amide bonds.